The second-order valence-electron chi connectivity index (χ2n) is 2.98. The summed E-state index contributed by atoms with van der Waals surface area (Å²) < 4.78 is 37.4. The second-order valence-corrected chi connectivity index (χ2v) is 2.98. The second kappa shape index (κ2) is 3.84. The molecule has 0 unspecified atom stereocenters. The Morgan fingerprint density at radius 1 is 1.27 bits per heavy atom. The van der Waals surface area contributed by atoms with Gasteiger partial charge >= 0.3 is 6.18 Å². The third-order valence-electron chi connectivity index (χ3n) is 1.86. The van der Waals surface area contributed by atoms with Crippen LogP contribution in [0.4, 0.5) is 13.2 Å². The lowest BCUT2D eigenvalue weighted by atomic mass is 10.0. The van der Waals surface area contributed by atoms with Crippen LogP contribution < -0.4 is 0 Å². The van der Waals surface area contributed by atoms with E-state index in [1.54, 1.807) is 0 Å². The molecule has 0 aliphatic carbocycles. The molecule has 0 fully saturated rings. The van der Waals surface area contributed by atoms with Crippen molar-refractivity contribution in [1.29, 1.82) is 0 Å². The molecule has 0 bridgehead atoms. The molecular weight excluding hydrogens is 209 g/mol. The molecule has 1 aromatic rings. The molecule has 2 N–H and O–H groups in total. The van der Waals surface area contributed by atoms with E-state index < -0.39 is 23.2 Å². The summed E-state index contributed by atoms with van der Waals surface area (Å²) in [6.07, 6.45) is -3.46. The van der Waals surface area contributed by atoms with Gasteiger partial charge in [0, 0.05) is 11.6 Å². The smallest absolute Gasteiger partial charge is 0.416 e. The third-order valence-corrected chi connectivity index (χ3v) is 1.86. The van der Waals surface area contributed by atoms with Crippen LogP contribution in [0.1, 0.15) is 11.1 Å². The summed E-state index contributed by atoms with van der Waals surface area (Å²) in [5, 5.41) is 18.2. The molecule has 0 saturated carbocycles. The number of phenols is 2. The van der Waals surface area contributed by atoms with Gasteiger partial charge in [-0.25, -0.2) is 0 Å². The normalized spacial score (nSPS) is 11.4. The van der Waals surface area contributed by atoms with Gasteiger partial charge in [0.1, 0.15) is 11.5 Å². The maximum atomic E-state index is 12.5. The van der Waals surface area contributed by atoms with E-state index in [0.29, 0.717) is 6.07 Å². The number of halogens is 3. The molecular formula is C10H9F3O2. The van der Waals surface area contributed by atoms with Crippen LogP contribution in [0.15, 0.2) is 24.8 Å². The average Bonchev–Trinajstić information content (AvgIpc) is 2.07. The molecule has 0 heterocycles. The molecule has 5 heteroatoms. The Hall–Kier alpha value is -1.65. The van der Waals surface area contributed by atoms with Crippen molar-refractivity contribution >= 4 is 0 Å². The van der Waals surface area contributed by atoms with Crippen molar-refractivity contribution in [2.75, 3.05) is 0 Å². The van der Waals surface area contributed by atoms with Gasteiger partial charge in [0.05, 0.1) is 5.56 Å². The van der Waals surface area contributed by atoms with Crippen molar-refractivity contribution in [3.05, 3.63) is 35.9 Å². The monoisotopic (exact) mass is 218 g/mol. The summed E-state index contributed by atoms with van der Waals surface area (Å²) in [5.74, 6) is -1.20. The Bertz CT molecular complexity index is 383. The van der Waals surface area contributed by atoms with Gasteiger partial charge in [-0.2, -0.15) is 13.2 Å². The number of benzene rings is 1. The maximum absolute atomic E-state index is 12.5. The molecule has 1 aromatic carbocycles. The predicted molar refractivity (Wildman–Crippen MR) is 48.7 cm³/mol. The predicted octanol–water partition coefficient (Wildman–Crippen LogP) is 2.85. The first-order chi connectivity index (χ1) is 6.86. The van der Waals surface area contributed by atoms with Crippen molar-refractivity contribution in [1.82, 2.24) is 0 Å². The lowest BCUT2D eigenvalue weighted by Crippen LogP contribution is -2.09. The standard InChI is InChI=1S/C10H9F3O2/c1-2-3-7-8(10(11,12)13)4-6(14)5-9(7)15/h2,4-5,14-15H,1,3H2. The van der Waals surface area contributed by atoms with Crippen molar-refractivity contribution in [3.8, 4) is 11.5 Å². The maximum Gasteiger partial charge on any atom is 0.416 e. The van der Waals surface area contributed by atoms with E-state index in [1.807, 2.05) is 0 Å². The van der Waals surface area contributed by atoms with E-state index in [-0.39, 0.29) is 12.0 Å². The molecule has 82 valence electrons. The van der Waals surface area contributed by atoms with E-state index >= 15 is 0 Å². The van der Waals surface area contributed by atoms with Crippen molar-refractivity contribution in [2.24, 2.45) is 0 Å². The number of alkyl halides is 3. The van der Waals surface area contributed by atoms with Crippen LogP contribution in [0.2, 0.25) is 0 Å². The number of phenolic OH excluding ortho intramolecular Hbond substituents is 2. The zero-order valence-electron chi connectivity index (χ0n) is 7.67. The molecule has 0 amide bonds. The molecule has 0 spiro atoms. The van der Waals surface area contributed by atoms with Gasteiger partial charge in [0.2, 0.25) is 0 Å². The zero-order chi connectivity index (χ0) is 11.6. The summed E-state index contributed by atoms with van der Waals surface area (Å²) >= 11 is 0. The lowest BCUT2D eigenvalue weighted by Gasteiger charge is -2.13. The Labute approximate surface area is 84.3 Å². The number of aromatic hydroxyl groups is 2. The highest BCUT2D eigenvalue weighted by Gasteiger charge is 2.34. The van der Waals surface area contributed by atoms with E-state index in [2.05, 4.69) is 6.58 Å². The van der Waals surface area contributed by atoms with E-state index in [9.17, 15) is 18.3 Å². The summed E-state index contributed by atoms with van der Waals surface area (Å²) in [7, 11) is 0. The zero-order valence-corrected chi connectivity index (χ0v) is 7.67. The first-order valence-corrected chi connectivity index (χ1v) is 4.09. The van der Waals surface area contributed by atoms with Gasteiger partial charge in [0.25, 0.3) is 0 Å². The third kappa shape index (κ3) is 2.43. The van der Waals surface area contributed by atoms with E-state index in [1.165, 1.54) is 6.08 Å². The summed E-state index contributed by atoms with van der Waals surface area (Å²) in [4.78, 5) is 0. The first-order valence-electron chi connectivity index (χ1n) is 4.09. The minimum atomic E-state index is -4.60. The molecule has 0 aliphatic rings. The summed E-state index contributed by atoms with van der Waals surface area (Å²) in [6, 6.07) is 1.45. The Balaban J connectivity index is 3.39. The minimum Gasteiger partial charge on any atom is -0.508 e. The van der Waals surface area contributed by atoms with Gasteiger partial charge in [-0.15, -0.1) is 6.58 Å². The fourth-order valence-electron chi connectivity index (χ4n) is 1.25. The molecule has 15 heavy (non-hydrogen) atoms. The fraction of sp³-hybridized carbons (Fsp3) is 0.200. The van der Waals surface area contributed by atoms with Gasteiger partial charge in [-0.1, -0.05) is 6.08 Å². The Morgan fingerprint density at radius 3 is 2.33 bits per heavy atom. The highest BCUT2D eigenvalue weighted by Crippen LogP contribution is 2.38. The van der Waals surface area contributed by atoms with E-state index in [0.717, 1.165) is 6.07 Å². The van der Waals surface area contributed by atoms with Crippen LogP contribution in [0, 0.1) is 0 Å². The average molecular weight is 218 g/mol. The van der Waals surface area contributed by atoms with Crippen LogP contribution in [-0.4, -0.2) is 10.2 Å². The molecule has 0 saturated heterocycles. The quantitative estimate of drug-likeness (QED) is 0.749. The number of hydrogen-bond donors (Lipinski definition) is 2. The van der Waals surface area contributed by atoms with Gasteiger partial charge in [-0.3, -0.25) is 0 Å². The van der Waals surface area contributed by atoms with Crippen LogP contribution in [0.3, 0.4) is 0 Å². The van der Waals surface area contributed by atoms with Crippen molar-refractivity contribution < 1.29 is 23.4 Å². The van der Waals surface area contributed by atoms with Gasteiger partial charge in [-0.05, 0) is 12.5 Å². The summed E-state index contributed by atoms with van der Waals surface area (Å²) in [6.45, 7) is 3.30. The SMILES string of the molecule is C=CCc1c(O)cc(O)cc1C(F)(F)F. The van der Waals surface area contributed by atoms with E-state index in [4.69, 9.17) is 5.11 Å². The highest BCUT2D eigenvalue weighted by molar-refractivity contribution is 5.47. The lowest BCUT2D eigenvalue weighted by molar-refractivity contribution is -0.138. The number of hydrogen-bond acceptors (Lipinski definition) is 2. The molecule has 2 nitrogen and oxygen atoms in total. The summed E-state index contributed by atoms with van der Waals surface area (Å²) in [5.41, 5.74) is -1.32. The topological polar surface area (TPSA) is 40.5 Å². The largest absolute Gasteiger partial charge is 0.508 e. The molecule has 0 radical (unpaired) electrons. The molecule has 0 aliphatic heterocycles. The van der Waals surface area contributed by atoms with Crippen LogP contribution in [-0.2, 0) is 12.6 Å². The van der Waals surface area contributed by atoms with Crippen molar-refractivity contribution in [2.45, 2.75) is 12.6 Å². The van der Waals surface area contributed by atoms with Crippen LogP contribution in [0.5, 0.6) is 11.5 Å². The molecule has 0 atom stereocenters. The number of rotatable bonds is 2. The van der Waals surface area contributed by atoms with Gasteiger partial charge in [0.15, 0.2) is 0 Å². The fourth-order valence-corrected chi connectivity index (χ4v) is 1.25. The highest BCUT2D eigenvalue weighted by atomic mass is 19.4. The van der Waals surface area contributed by atoms with Crippen LogP contribution in [0.25, 0.3) is 0 Å². The number of allylic oxidation sites excluding steroid dienone is 1. The minimum absolute atomic E-state index is 0.110. The Kier molecular flexibility index (Phi) is 2.93. The van der Waals surface area contributed by atoms with Crippen molar-refractivity contribution in [3.63, 3.8) is 0 Å². The Morgan fingerprint density at radius 2 is 1.87 bits per heavy atom. The molecule has 1 rings (SSSR count). The van der Waals surface area contributed by atoms with Crippen LogP contribution >= 0.6 is 0 Å². The first kappa shape index (κ1) is 11.4. The van der Waals surface area contributed by atoms with Gasteiger partial charge < -0.3 is 10.2 Å². The molecule has 0 aromatic heterocycles.